The Hall–Kier alpha value is -0.780. The summed E-state index contributed by atoms with van der Waals surface area (Å²) in [6, 6.07) is 7.48. The summed E-state index contributed by atoms with van der Waals surface area (Å²) >= 11 is 5.91. The molecule has 0 radical (unpaired) electrons. The van der Waals surface area contributed by atoms with Crippen LogP contribution in [0, 0.1) is 0 Å². The van der Waals surface area contributed by atoms with Gasteiger partial charge in [0.05, 0.1) is 6.54 Å². The van der Waals surface area contributed by atoms with E-state index in [1.807, 2.05) is 33.0 Å². The molecule has 1 aliphatic rings. The second kappa shape index (κ2) is 8.90. The van der Waals surface area contributed by atoms with Gasteiger partial charge >= 0.3 is 6.18 Å². The number of likely N-dealkylation sites (tertiary alicyclic amines) is 1. The maximum absolute atomic E-state index is 12.4. The number of alkyl halides is 3. The summed E-state index contributed by atoms with van der Waals surface area (Å²) in [5.74, 6) is 0. The normalized spacial score (nSPS) is 18.2. The van der Waals surface area contributed by atoms with Gasteiger partial charge in [0.25, 0.3) is 0 Å². The minimum Gasteiger partial charge on any atom is -0.308 e. The van der Waals surface area contributed by atoms with Crippen LogP contribution in [0.15, 0.2) is 24.3 Å². The van der Waals surface area contributed by atoms with Crippen LogP contribution in [0.5, 0.6) is 0 Å². The van der Waals surface area contributed by atoms with E-state index in [2.05, 4.69) is 10.2 Å². The largest absolute Gasteiger partial charge is 0.401 e. The predicted molar refractivity (Wildman–Crippen MR) is 90.1 cm³/mol. The summed E-state index contributed by atoms with van der Waals surface area (Å²) in [6.07, 6.45) is -2.49. The number of halogens is 4. The van der Waals surface area contributed by atoms with Gasteiger partial charge in [0, 0.05) is 17.0 Å². The van der Waals surface area contributed by atoms with Crippen LogP contribution in [0.1, 0.15) is 32.3 Å². The highest BCUT2D eigenvalue weighted by Crippen LogP contribution is 2.35. The predicted octanol–water partition coefficient (Wildman–Crippen LogP) is 4.48. The van der Waals surface area contributed by atoms with E-state index in [0.717, 1.165) is 31.5 Å². The van der Waals surface area contributed by atoms with Crippen LogP contribution in [-0.2, 0) is 5.41 Å². The number of piperidine rings is 1. The summed E-state index contributed by atoms with van der Waals surface area (Å²) in [5.41, 5.74) is 0.817. The summed E-state index contributed by atoms with van der Waals surface area (Å²) < 4.78 is 37.1. The molecule has 0 unspecified atom stereocenters. The molecule has 1 aliphatic heterocycles. The maximum atomic E-state index is 12.4. The quantitative estimate of drug-likeness (QED) is 0.861. The average Bonchev–Trinajstić information content (AvgIpc) is 2.51. The number of nitrogens with one attached hydrogen (secondary N) is 1. The Kier molecular flexibility index (Phi) is 7.84. The van der Waals surface area contributed by atoms with Gasteiger partial charge in [-0.15, -0.1) is 0 Å². The minimum absolute atomic E-state index is 0.248. The average molecular weight is 351 g/mol. The third kappa shape index (κ3) is 6.32. The SMILES string of the molecule is CC.CN1CCC(CNCC(F)(F)F)(c2ccc(Cl)cc2)CC1. The molecule has 0 aliphatic carbocycles. The van der Waals surface area contributed by atoms with Crippen molar-refractivity contribution < 1.29 is 13.2 Å². The van der Waals surface area contributed by atoms with Crippen molar-refractivity contribution in [2.45, 2.75) is 38.3 Å². The Bertz CT molecular complexity index is 452. The van der Waals surface area contributed by atoms with Gasteiger partial charge in [0.2, 0.25) is 0 Å². The third-order valence-corrected chi connectivity index (χ3v) is 4.44. The van der Waals surface area contributed by atoms with Crippen LogP contribution in [0.2, 0.25) is 5.02 Å². The molecular formula is C17H26ClF3N2. The van der Waals surface area contributed by atoms with E-state index >= 15 is 0 Å². The van der Waals surface area contributed by atoms with Crippen LogP contribution < -0.4 is 5.32 Å². The monoisotopic (exact) mass is 350 g/mol. The molecule has 2 nitrogen and oxygen atoms in total. The summed E-state index contributed by atoms with van der Waals surface area (Å²) in [6.45, 7) is 5.16. The second-order valence-corrected chi connectivity index (χ2v) is 6.25. The molecule has 0 saturated carbocycles. The van der Waals surface area contributed by atoms with Crippen molar-refractivity contribution in [3.8, 4) is 0 Å². The lowest BCUT2D eigenvalue weighted by atomic mass is 9.72. The van der Waals surface area contributed by atoms with Gasteiger partial charge in [-0.05, 0) is 50.7 Å². The molecule has 0 atom stereocenters. The number of hydrogen-bond donors (Lipinski definition) is 1. The lowest BCUT2D eigenvalue weighted by Gasteiger charge is -2.41. The van der Waals surface area contributed by atoms with Crippen molar-refractivity contribution in [2.24, 2.45) is 0 Å². The maximum Gasteiger partial charge on any atom is 0.401 e. The van der Waals surface area contributed by atoms with Gasteiger partial charge in [-0.25, -0.2) is 0 Å². The second-order valence-electron chi connectivity index (χ2n) is 5.81. The fourth-order valence-corrected chi connectivity index (χ4v) is 2.99. The van der Waals surface area contributed by atoms with Crippen LogP contribution >= 0.6 is 11.6 Å². The summed E-state index contributed by atoms with van der Waals surface area (Å²) in [4.78, 5) is 2.21. The number of hydrogen-bond acceptors (Lipinski definition) is 2. The Morgan fingerprint density at radius 3 is 2.13 bits per heavy atom. The van der Waals surface area contributed by atoms with E-state index in [1.165, 1.54) is 0 Å². The Balaban J connectivity index is 0.00000127. The zero-order chi connectivity index (χ0) is 17.5. The van der Waals surface area contributed by atoms with Crippen molar-refractivity contribution in [1.82, 2.24) is 10.2 Å². The van der Waals surface area contributed by atoms with E-state index in [1.54, 1.807) is 12.1 Å². The van der Waals surface area contributed by atoms with Gasteiger partial charge < -0.3 is 10.2 Å². The fraction of sp³-hybridized carbons (Fsp3) is 0.647. The van der Waals surface area contributed by atoms with Crippen LogP contribution in [0.25, 0.3) is 0 Å². The minimum atomic E-state index is -4.17. The molecule has 0 spiro atoms. The van der Waals surface area contributed by atoms with Crippen LogP contribution in [0.4, 0.5) is 13.2 Å². The first-order valence-electron chi connectivity index (χ1n) is 8.03. The molecule has 1 heterocycles. The first-order valence-corrected chi connectivity index (χ1v) is 8.41. The first-order chi connectivity index (χ1) is 10.8. The molecular weight excluding hydrogens is 325 g/mol. The molecule has 0 aromatic heterocycles. The first kappa shape index (κ1) is 20.3. The standard InChI is InChI=1S/C15H20ClF3N2.C2H6/c1-21-8-6-14(7-9-21,10-20-11-15(17,18)19)12-2-4-13(16)5-3-12;1-2/h2-5,20H,6-11H2,1H3;1-2H3. The van der Waals surface area contributed by atoms with E-state index in [9.17, 15) is 13.2 Å². The van der Waals surface area contributed by atoms with E-state index in [0.29, 0.717) is 11.6 Å². The molecule has 1 fully saturated rings. The van der Waals surface area contributed by atoms with E-state index in [4.69, 9.17) is 11.6 Å². The summed E-state index contributed by atoms with van der Waals surface area (Å²) in [7, 11) is 2.04. The Labute approximate surface area is 142 Å². The zero-order valence-corrected chi connectivity index (χ0v) is 14.8. The number of rotatable bonds is 4. The molecule has 1 aromatic carbocycles. The summed E-state index contributed by atoms with van der Waals surface area (Å²) in [5, 5.41) is 3.23. The van der Waals surface area contributed by atoms with Crippen molar-refractivity contribution in [3.05, 3.63) is 34.9 Å². The van der Waals surface area contributed by atoms with Crippen LogP contribution in [0.3, 0.4) is 0 Å². The molecule has 0 amide bonds. The van der Waals surface area contributed by atoms with Gasteiger partial charge in [-0.2, -0.15) is 13.2 Å². The van der Waals surface area contributed by atoms with Crippen LogP contribution in [-0.4, -0.2) is 44.3 Å². The van der Waals surface area contributed by atoms with Crippen molar-refractivity contribution in [3.63, 3.8) is 0 Å². The highest BCUT2D eigenvalue weighted by atomic mass is 35.5. The zero-order valence-electron chi connectivity index (χ0n) is 14.0. The van der Waals surface area contributed by atoms with E-state index < -0.39 is 12.7 Å². The van der Waals surface area contributed by atoms with Crippen molar-refractivity contribution in [2.75, 3.05) is 33.2 Å². The molecule has 1 aromatic rings. The lowest BCUT2D eigenvalue weighted by molar-refractivity contribution is -0.125. The fourth-order valence-electron chi connectivity index (χ4n) is 2.86. The number of benzene rings is 1. The molecule has 1 saturated heterocycles. The Morgan fingerprint density at radius 2 is 1.65 bits per heavy atom. The van der Waals surface area contributed by atoms with Crippen molar-refractivity contribution in [1.29, 1.82) is 0 Å². The van der Waals surface area contributed by atoms with Crippen molar-refractivity contribution >= 4 is 11.6 Å². The third-order valence-electron chi connectivity index (χ3n) is 4.19. The molecule has 2 rings (SSSR count). The molecule has 0 bridgehead atoms. The smallest absolute Gasteiger partial charge is 0.308 e. The molecule has 132 valence electrons. The highest BCUT2D eigenvalue weighted by Gasteiger charge is 2.36. The Morgan fingerprint density at radius 1 is 1.13 bits per heavy atom. The molecule has 23 heavy (non-hydrogen) atoms. The molecule has 6 heteroatoms. The lowest BCUT2D eigenvalue weighted by Crippen LogP contribution is -2.48. The van der Waals surface area contributed by atoms with E-state index in [-0.39, 0.29) is 5.41 Å². The topological polar surface area (TPSA) is 15.3 Å². The molecule has 1 N–H and O–H groups in total. The number of nitrogens with zero attached hydrogens (tertiary/aromatic N) is 1. The van der Waals surface area contributed by atoms with Gasteiger partial charge in [0.15, 0.2) is 0 Å². The highest BCUT2D eigenvalue weighted by molar-refractivity contribution is 6.30. The van der Waals surface area contributed by atoms with Gasteiger partial charge in [-0.3, -0.25) is 0 Å². The van der Waals surface area contributed by atoms with Gasteiger partial charge in [0.1, 0.15) is 0 Å². The van der Waals surface area contributed by atoms with Gasteiger partial charge in [-0.1, -0.05) is 37.6 Å².